The maximum atomic E-state index is 5.76. The van der Waals surface area contributed by atoms with Gasteiger partial charge in [-0.2, -0.15) is 0 Å². The Morgan fingerprint density at radius 2 is 1.78 bits per heavy atom. The molecule has 3 rings (SSSR count). The van der Waals surface area contributed by atoms with Crippen molar-refractivity contribution in [2.45, 2.75) is 9.99 Å². The molecule has 90 valence electrons. The second-order valence-corrected chi connectivity index (χ2v) is 4.96. The smallest absolute Gasteiger partial charge is 0.166 e. The minimum absolute atomic E-state index is 0.865. The minimum atomic E-state index is 0.865. The summed E-state index contributed by atoms with van der Waals surface area (Å²) in [6, 6.07) is 18.0. The lowest BCUT2D eigenvalue weighted by molar-refractivity contribution is 0.414. The van der Waals surface area contributed by atoms with Gasteiger partial charge in [0.2, 0.25) is 0 Å². The van der Waals surface area contributed by atoms with Crippen LogP contribution in [0.2, 0.25) is 0 Å². The van der Waals surface area contributed by atoms with E-state index in [0.29, 0.717) is 0 Å². The zero-order valence-electron chi connectivity index (χ0n) is 9.92. The number of hydrogen-bond acceptors (Lipinski definition) is 3. The molecule has 1 aromatic heterocycles. The van der Waals surface area contributed by atoms with Crippen molar-refractivity contribution in [3.05, 3.63) is 54.6 Å². The molecule has 0 amide bonds. The molecular formula is C15H12O2S. The van der Waals surface area contributed by atoms with Gasteiger partial charge in [0.05, 0.1) is 7.11 Å². The molecule has 3 aromatic rings. The summed E-state index contributed by atoms with van der Waals surface area (Å²) in [4.78, 5) is 1.13. The first-order valence-electron chi connectivity index (χ1n) is 5.65. The number of fused-ring (bicyclic) bond motifs is 1. The zero-order valence-corrected chi connectivity index (χ0v) is 10.7. The molecule has 1 heterocycles. The molecule has 0 bridgehead atoms. The highest BCUT2D eigenvalue weighted by molar-refractivity contribution is 7.99. The van der Waals surface area contributed by atoms with Crippen LogP contribution in [0.1, 0.15) is 0 Å². The number of para-hydroxylation sites is 1. The second kappa shape index (κ2) is 4.78. The Labute approximate surface area is 110 Å². The quantitative estimate of drug-likeness (QED) is 0.684. The molecule has 2 nitrogen and oxygen atoms in total. The lowest BCUT2D eigenvalue weighted by Crippen LogP contribution is -1.80. The van der Waals surface area contributed by atoms with E-state index in [1.807, 2.05) is 42.5 Å². The van der Waals surface area contributed by atoms with E-state index < -0.39 is 0 Å². The zero-order chi connectivity index (χ0) is 12.4. The maximum Gasteiger partial charge on any atom is 0.166 e. The number of methoxy groups -OCH3 is 1. The summed E-state index contributed by atoms with van der Waals surface area (Å²) in [7, 11) is 1.67. The fourth-order valence-electron chi connectivity index (χ4n) is 1.77. The van der Waals surface area contributed by atoms with Gasteiger partial charge in [-0.05, 0) is 36.4 Å². The molecule has 0 saturated heterocycles. The van der Waals surface area contributed by atoms with E-state index in [1.54, 1.807) is 18.9 Å². The first-order valence-corrected chi connectivity index (χ1v) is 6.47. The molecule has 0 atom stereocenters. The van der Waals surface area contributed by atoms with Crippen LogP contribution >= 0.6 is 11.8 Å². The molecule has 0 saturated carbocycles. The van der Waals surface area contributed by atoms with Gasteiger partial charge in [0.15, 0.2) is 5.09 Å². The number of benzene rings is 2. The maximum absolute atomic E-state index is 5.76. The van der Waals surface area contributed by atoms with Crippen LogP contribution in [-0.4, -0.2) is 7.11 Å². The van der Waals surface area contributed by atoms with E-state index in [-0.39, 0.29) is 0 Å². The van der Waals surface area contributed by atoms with Crippen LogP contribution in [0.3, 0.4) is 0 Å². The van der Waals surface area contributed by atoms with Crippen molar-refractivity contribution in [2.75, 3.05) is 7.11 Å². The summed E-state index contributed by atoms with van der Waals surface area (Å²) >= 11 is 1.61. The Hall–Kier alpha value is -1.87. The van der Waals surface area contributed by atoms with Gasteiger partial charge < -0.3 is 9.15 Å². The SMILES string of the molecule is COc1ccc(Sc2cc3ccccc3o2)cc1. The molecule has 0 N–H and O–H groups in total. The fourth-order valence-corrected chi connectivity index (χ4v) is 2.59. The van der Waals surface area contributed by atoms with Gasteiger partial charge >= 0.3 is 0 Å². The van der Waals surface area contributed by atoms with Gasteiger partial charge in [0, 0.05) is 10.3 Å². The highest BCUT2D eigenvalue weighted by Crippen LogP contribution is 2.33. The first-order chi connectivity index (χ1) is 8.85. The Balaban J connectivity index is 1.86. The molecule has 3 heteroatoms. The predicted molar refractivity (Wildman–Crippen MR) is 73.3 cm³/mol. The van der Waals surface area contributed by atoms with Gasteiger partial charge in [-0.25, -0.2) is 0 Å². The summed E-state index contributed by atoms with van der Waals surface area (Å²) < 4.78 is 10.9. The molecule has 0 aliphatic heterocycles. The van der Waals surface area contributed by atoms with Crippen molar-refractivity contribution in [3.63, 3.8) is 0 Å². The van der Waals surface area contributed by atoms with Crippen molar-refractivity contribution >= 4 is 22.7 Å². The Kier molecular flexibility index (Phi) is 2.99. The predicted octanol–water partition coefficient (Wildman–Crippen LogP) is 4.59. The topological polar surface area (TPSA) is 22.4 Å². The summed E-state index contributed by atoms with van der Waals surface area (Å²) in [5, 5.41) is 2.04. The third-order valence-corrected chi connectivity index (χ3v) is 3.59. The van der Waals surface area contributed by atoms with Gasteiger partial charge in [-0.15, -0.1) is 0 Å². The van der Waals surface area contributed by atoms with Crippen molar-refractivity contribution in [3.8, 4) is 5.75 Å². The third kappa shape index (κ3) is 2.22. The average molecular weight is 256 g/mol. The van der Waals surface area contributed by atoms with Crippen molar-refractivity contribution in [1.82, 2.24) is 0 Å². The lowest BCUT2D eigenvalue weighted by Gasteiger charge is -2.00. The second-order valence-electron chi connectivity index (χ2n) is 3.88. The van der Waals surface area contributed by atoms with E-state index in [4.69, 9.17) is 9.15 Å². The average Bonchev–Trinajstić information content (AvgIpc) is 2.82. The Morgan fingerprint density at radius 3 is 2.50 bits per heavy atom. The van der Waals surface area contributed by atoms with E-state index >= 15 is 0 Å². The van der Waals surface area contributed by atoms with Crippen LogP contribution in [0, 0.1) is 0 Å². The fraction of sp³-hybridized carbons (Fsp3) is 0.0667. The molecule has 0 fully saturated rings. The van der Waals surface area contributed by atoms with E-state index in [9.17, 15) is 0 Å². The van der Waals surface area contributed by atoms with Crippen LogP contribution < -0.4 is 4.74 Å². The number of furan rings is 1. The van der Waals surface area contributed by atoms with Crippen LogP contribution in [0.15, 0.2) is 69.0 Å². The Morgan fingerprint density at radius 1 is 1.00 bits per heavy atom. The van der Waals surface area contributed by atoms with E-state index in [2.05, 4.69) is 12.1 Å². The van der Waals surface area contributed by atoms with Gasteiger partial charge in [-0.1, -0.05) is 30.0 Å². The highest BCUT2D eigenvalue weighted by atomic mass is 32.2. The summed E-state index contributed by atoms with van der Waals surface area (Å²) in [5.41, 5.74) is 0.925. The number of hydrogen-bond donors (Lipinski definition) is 0. The summed E-state index contributed by atoms with van der Waals surface area (Å²) in [6.45, 7) is 0. The molecule has 18 heavy (non-hydrogen) atoms. The van der Waals surface area contributed by atoms with Gasteiger partial charge in [-0.3, -0.25) is 0 Å². The highest BCUT2D eigenvalue weighted by Gasteiger charge is 2.04. The largest absolute Gasteiger partial charge is 0.497 e. The molecule has 0 spiro atoms. The van der Waals surface area contributed by atoms with Gasteiger partial charge in [0.1, 0.15) is 11.3 Å². The number of ether oxygens (including phenoxy) is 1. The minimum Gasteiger partial charge on any atom is -0.497 e. The van der Waals surface area contributed by atoms with Crippen molar-refractivity contribution in [1.29, 1.82) is 0 Å². The molecular weight excluding hydrogens is 244 g/mol. The van der Waals surface area contributed by atoms with Crippen LogP contribution in [0.5, 0.6) is 5.75 Å². The normalized spacial score (nSPS) is 10.7. The van der Waals surface area contributed by atoms with Crippen molar-refractivity contribution < 1.29 is 9.15 Å². The van der Waals surface area contributed by atoms with Gasteiger partial charge in [0.25, 0.3) is 0 Å². The van der Waals surface area contributed by atoms with Crippen LogP contribution in [0.4, 0.5) is 0 Å². The van der Waals surface area contributed by atoms with Crippen molar-refractivity contribution in [2.24, 2.45) is 0 Å². The molecule has 0 radical (unpaired) electrons. The van der Waals surface area contributed by atoms with E-state index in [1.165, 1.54) is 0 Å². The number of rotatable bonds is 3. The summed E-state index contributed by atoms with van der Waals surface area (Å²) in [5.74, 6) is 0.865. The monoisotopic (exact) mass is 256 g/mol. The third-order valence-electron chi connectivity index (χ3n) is 2.68. The first kappa shape index (κ1) is 11.2. The molecule has 0 unspecified atom stereocenters. The molecule has 0 aliphatic rings. The summed E-state index contributed by atoms with van der Waals surface area (Å²) in [6.07, 6.45) is 0. The van der Waals surface area contributed by atoms with E-state index in [0.717, 1.165) is 26.7 Å². The molecule has 0 aliphatic carbocycles. The van der Waals surface area contributed by atoms with Crippen LogP contribution in [0.25, 0.3) is 11.0 Å². The van der Waals surface area contributed by atoms with Crippen LogP contribution in [-0.2, 0) is 0 Å². The Bertz CT molecular complexity index is 623. The molecule has 2 aromatic carbocycles. The lowest BCUT2D eigenvalue weighted by atomic mass is 10.3. The standard InChI is InChI=1S/C15H12O2S/c1-16-12-6-8-13(9-7-12)18-15-10-11-4-2-3-5-14(11)17-15/h2-10H,1H3.